The summed E-state index contributed by atoms with van der Waals surface area (Å²) in [6, 6.07) is 16.0. The molecule has 0 aliphatic heterocycles. The van der Waals surface area contributed by atoms with Crippen molar-refractivity contribution in [3.8, 4) is 11.1 Å². The van der Waals surface area contributed by atoms with Crippen LogP contribution in [-0.2, 0) is 19.1 Å². The van der Waals surface area contributed by atoms with E-state index in [2.05, 4.69) is 17.4 Å². The predicted molar refractivity (Wildman–Crippen MR) is 121 cm³/mol. The molecule has 1 unspecified atom stereocenters. The highest BCUT2D eigenvalue weighted by Crippen LogP contribution is 2.44. The molecule has 33 heavy (non-hydrogen) atoms. The Balaban J connectivity index is 1.29. The summed E-state index contributed by atoms with van der Waals surface area (Å²) in [5.41, 5.74) is 4.55. The van der Waals surface area contributed by atoms with E-state index >= 15 is 0 Å². The minimum Gasteiger partial charge on any atom is -0.481 e. The lowest BCUT2D eigenvalue weighted by Crippen LogP contribution is -2.53. The number of hydrogen-bond acceptors (Lipinski definition) is 5. The van der Waals surface area contributed by atoms with Gasteiger partial charge in [-0.05, 0) is 35.1 Å². The average Bonchev–Trinajstić information content (AvgIpc) is 3.10. The SMILES string of the molecule is COC(CNC(=O)OCC1c2ccccc2-c2ccccc21)C(=O)N(C)C1CC(C(=O)O)C1. The normalized spacial score (nSPS) is 19.6. The van der Waals surface area contributed by atoms with E-state index in [0.29, 0.717) is 12.8 Å². The summed E-state index contributed by atoms with van der Waals surface area (Å²) in [7, 11) is 3.03. The maximum absolute atomic E-state index is 12.7. The fourth-order valence-electron chi connectivity index (χ4n) is 4.61. The zero-order valence-corrected chi connectivity index (χ0v) is 18.7. The Morgan fingerprint density at radius 3 is 2.18 bits per heavy atom. The van der Waals surface area contributed by atoms with E-state index in [1.54, 1.807) is 7.05 Å². The lowest BCUT2D eigenvalue weighted by molar-refractivity contribution is -0.153. The zero-order valence-electron chi connectivity index (χ0n) is 18.7. The monoisotopic (exact) mass is 452 g/mol. The summed E-state index contributed by atoms with van der Waals surface area (Å²) in [4.78, 5) is 37.6. The number of carboxylic acid groups (broad SMARTS) is 1. The summed E-state index contributed by atoms with van der Waals surface area (Å²) in [5.74, 6) is -1.60. The first-order chi connectivity index (χ1) is 15.9. The van der Waals surface area contributed by atoms with Crippen LogP contribution in [0.15, 0.2) is 48.5 Å². The number of ether oxygens (including phenoxy) is 2. The Kier molecular flexibility index (Phi) is 6.65. The third-order valence-electron chi connectivity index (χ3n) is 6.69. The van der Waals surface area contributed by atoms with E-state index in [4.69, 9.17) is 14.6 Å². The van der Waals surface area contributed by atoms with Gasteiger partial charge < -0.3 is 24.8 Å². The predicted octanol–water partition coefficient (Wildman–Crippen LogP) is 2.86. The van der Waals surface area contributed by atoms with Crippen LogP contribution in [0, 0.1) is 5.92 Å². The maximum Gasteiger partial charge on any atom is 0.407 e. The van der Waals surface area contributed by atoms with Gasteiger partial charge in [-0.2, -0.15) is 0 Å². The van der Waals surface area contributed by atoms with E-state index in [0.717, 1.165) is 22.3 Å². The molecule has 8 nitrogen and oxygen atoms in total. The molecule has 0 aromatic heterocycles. The third-order valence-corrected chi connectivity index (χ3v) is 6.69. The largest absolute Gasteiger partial charge is 0.481 e. The number of rotatable bonds is 8. The Hall–Kier alpha value is -3.39. The van der Waals surface area contributed by atoms with Crippen molar-refractivity contribution in [2.75, 3.05) is 27.3 Å². The van der Waals surface area contributed by atoms with Crippen molar-refractivity contribution in [1.29, 1.82) is 0 Å². The van der Waals surface area contributed by atoms with Gasteiger partial charge >= 0.3 is 12.1 Å². The number of alkyl carbamates (subject to hydrolysis) is 1. The first kappa shape index (κ1) is 22.8. The van der Waals surface area contributed by atoms with E-state index in [-0.39, 0.29) is 31.0 Å². The lowest BCUT2D eigenvalue weighted by atomic mass is 9.79. The number of hydrogen-bond donors (Lipinski definition) is 2. The van der Waals surface area contributed by atoms with Gasteiger partial charge in [0.15, 0.2) is 6.10 Å². The number of nitrogens with one attached hydrogen (secondary N) is 1. The van der Waals surface area contributed by atoms with Gasteiger partial charge in [0.25, 0.3) is 5.91 Å². The van der Waals surface area contributed by atoms with Crippen molar-refractivity contribution in [3.05, 3.63) is 59.7 Å². The van der Waals surface area contributed by atoms with Crippen molar-refractivity contribution < 1.29 is 29.0 Å². The highest BCUT2D eigenvalue weighted by molar-refractivity contribution is 5.83. The first-order valence-corrected chi connectivity index (χ1v) is 11.0. The van der Waals surface area contributed by atoms with Gasteiger partial charge in [0.1, 0.15) is 6.61 Å². The molecule has 0 radical (unpaired) electrons. The van der Waals surface area contributed by atoms with Crippen LogP contribution in [0.3, 0.4) is 0 Å². The van der Waals surface area contributed by atoms with Gasteiger partial charge in [0.05, 0.1) is 12.5 Å². The second-order valence-corrected chi connectivity index (χ2v) is 8.54. The summed E-state index contributed by atoms with van der Waals surface area (Å²) < 4.78 is 10.8. The topological polar surface area (TPSA) is 105 Å². The van der Waals surface area contributed by atoms with Gasteiger partial charge in [0, 0.05) is 26.1 Å². The van der Waals surface area contributed by atoms with Gasteiger partial charge in [-0.15, -0.1) is 0 Å². The third kappa shape index (κ3) is 4.57. The van der Waals surface area contributed by atoms with E-state index in [9.17, 15) is 14.4 Å². The molecule has 1 fully saturated rings. The Morgan fingerprint density at radius 1 is 1.06 bits per heavy atom. The smallest absolute Gasteiger partial charge is 0.407 e. The number of carbonyl (C=O) groups excluding carboxylic acids is 2. The van der Waals surface area contributed by atoms with Crippen molar-refractivity contribution in [2.24, 2.45) is 5.92 Å². The average molecular weight is 453 g/mol. The van der Waals surface area contributed by atoms with Crippen LogP contribution in [0.25, 0.3) is 11.1 Å². The number of nitrogens with zero attached hydrogens (tertiary/aromatic N) is 1. The van der Waals surface area contributed by atoms with Gasteiger partial charge in [0.2, 0.25) is 0 Å². The van der Waals surface area contributed by atoms with Gasteiger partial charge in [-0.1, -0.05) is 48.5 Å². The number of amides is 2. The molecule has 0 heterocycles. The Labute approximate surface area is 192 Å². The fraction of sp³-hybridized carbons (Fsp3) is 0.400. The van der Waals surface area contributed by atoms with Crippen LogP contribution in [0.2, 0.25) is 0 Å². The van der Waals surface area contributed by atoms with Gasteiger partial charge in [-0.25, -0.2) is 4.79 Å². The van der Waals surface area contributed by atoms with Crippen LogP contribution in [0.4, 0.5) is 4.79 Å². The molecule has 0 bridgehead atoms. The highest BCUT2D eigenvalue weighted by atomic mass is 16.5. The summed E-state index contributed by atoms with van der Waals surface area (Å²) >= 11 is 0. The minimum atomic E-state index is -0.876. The Bertz CT molecular complexity index is 1000. The Morgan fingerprint density at radius 2 is 1.64 bits per heavy atom. The molecular weight excluding hydrogens is 424 g/mol. The quantitative estimate of drug-likeness (QED) is 0.638. The maximum atomic E-state index is 12.7. The summed E-state index contributed by atoms with van der Waals surface area (Å²) in [5, 5.41) is 11.6. The number of carboxylic acids is 1. The molecule has 0 saturated heterocycles. The van der Waals surface area contributed by atoms with Crippen LogP contribution in [-0.4, -0.2) is 67.4 Å². The number of aliphatic carboxylic acids is 1. The molecule has 1 atom stereocenters. The standard InChI is InChI=1S/C25H28N2O6/c1-27(16-11-15(12-16)24(29)30)23(28)22(32-2)13-26-25(31)33-14-21-19-9-5-3-7-17(19)18-8-4-6-10-20(18)21/h3-10,15-16,21-22H,11-14H2,1-2H3,(H,26,31)(H,29,30). The molecule has 1 saturated carbocycles. The van der Waals surface area contributed by atoms with Crippen molar-refractivity contribution in [3.63, 3.8) is 0 Å². The van der Waals surface area contributed by atoms with Crippen molar-refractivity contribution in [1.82, 2.24) is 10.2 Å². The molecule has 2 N–H and O–H groups in total. The van der Waals surface area contributed by atoms with Crippen LogP contribution < -0.4 is 5.32 Å². The molecule has 2 aliphatic rings. The molecule has 0 spiro atoms. The van der Waals surface area contributed by atoms with E-state index in [1.807, 2.05) is 36.4 Å². The molecule has 4 rings (SSSR count). The highest BCUT2D eigenvalue weighted by Gasteiger charge is 2.40. The molecule has 2 aromatic rings. The van der Waals surface area contributed by atoms with Crippen molar-refractivity contribution >= 4 is 18.0 Å². The second kappa shape index (κ2) is 9.62. The van der Waals surface area contributed by atoms with Crippen molar-refractivity contribution in [2.45, 2.75) is 30.9 Å². The van der Waals surface area contributed by atoms with E-state index in [1.165, 1.54) is 12.0 Å². The number of methoxy groups -OCH3 is 1. The molecule has 2 aromatic carbocycles. The summed E-state index contributed by atoms with van der Waals surface area (Å²) in [6.45, 7) is 0.148. The molecule has 8 heteroatoms. The number of carbonyl (C=O) groups is 3. The molecule has 174 valence electrons. The molecule has 2 aliphatic carbocycles. The first-order valence-electron chi connectivity index (χ1n) is 11.0. The zero-order chi connectivity index (χ0) is 23.5. The number of fused-ring (bicyclic) bond motifs is 3. The van der Waals surface area contributed by atoms with Crippen LogP contribution >= 0.6 is 0 Å². The summed E-state index contributed by atoms with van der Waals surface area (Å²) in [6.07, 6.45) is -0.648. The second-order valence-electron chi connectivity index (χ2n) is 8.54. The minimum absolute atomic E-state index is 0.0363. The molecular formula is C25H28N2O6. The lowest BCUT2D eigenvalue weighted by Gasteiger charge is -2.40. The molecule has 2 amide bonds. The fourth-order valence-corrected chi connectivity index (χ4v) is 4.61. The van der Waals surface area contributed by atoms with Crippen LogP contribution in [0.1, 0.15) is 29.9 Å². The van der Waals surface area contributed by atoms with Gasteiger partial charge in [-0.3, -0.25) is 9.59 Å². The number of benzene rings is 2. The number of likely N-dealkylation sites (N-methyl/N-ethyl adjacent to an activating group) is 1. The van der Waals surface area contributed by atoms with E-state index < -0.39 is 24.1 Å². The van der Waals surface area contributed by atoms with Crippen LogP contribution in [0.5, 0.6) is 0 Å².